The number of nitrogens with two attached hydrogens (primary N) is 1. The number of nitrogen functional groups attached to an aromatic ring is 1. The number of benzene rings is 1. The van der Waals surface area contributed by atoms with Crippen molar-refractivity contribution in [2.45, 2.75) is 26.8 Å². The van der Waals surface area contributed by atoms with Gasteiger partial charge >= 0.3 is 0 Å². The summed E-state index contributed by atoms with van der Waals surface area (Å²) in [4.78, 5) is 12.2. The maximum absolute atomic E-state index is 12.2. The fourth-order valence-corrected chi connectivity index (χ4v) is 1.90. The van der Waals surface area contributed by atoms with Crippen LogP contribution in [-0.4, -0.2) is 5.91 Å². The van der Waals surface area contributed by atoms with E-state index in [2.05, 4.69) is 5.32 Å². The Labute approximate surface area is 112 Å². The van der Waals surface area contributed by atoms with E-state index in [1.807, 2.05) is 39.0 Å². The Balaban J connectivity index is 2.15. The zero-order chi connectivity index (χ0) is 14.0. The molecule has 0 aliphatic heterocycles. The van der Waals surface area contributed by atoms with Gasteiger partial charge in [0.2, 0.25) is 0 Å². The zero-order valence-corrected chi connectivity index (χ0v) is 11.4. The Morgan fingerprint density at radius 3 is 2.63 bits per heavy atom. The van der Waals surface area contributed by atoms with Crippen LogP contribution < -0.4 is 11.1 Å². The van der Waals surface area contributed by atoms with E-state index in [4.69, 9.17) is 10.2 Å². The zero-order valence-electron chi connectivity index (χ0n) is 11.4. The highest BCUT2D eigenvalue weighted by molar-refractivity contribution is 5.99. The number of nitrogens with one attached hydrogen (secondary N) is 1. The van der Waals surface area contributed by atoms with Crippen LogP contribution in [0, 0.1) is 13.8 Å². The molecule has 0 saturated heterocycles. The summed E-state index contributed by atoms with van der Waals surface area (Å²) in [6.07, 6.45) is 0. The molecule has 1 atom stereocenters. The van der Waals surface area contributed by atoms with Crippen molar-refractivity contribution >= 4 is 11.6 Å². The van der Waals surface area contributed by atoms with Crippen LogP contribution in [0.25, 0.3) is 0 Å². The van der Waals surface area contributed by atoms with Gasteiger partial charge in [0.1, 0.15) is 11.5 Å². The molecule has 1 heterocycles. The molecule has 0 radical (unpaired) electrons. The molecule has 0 saturated carbocycles. The van der Waals surface area contributed by atoms with E-state index < -0.39 is 0 Å². The molecular weight excluding hydrogens is 240 g/mol. The molecule has 0 spiro atoms. The second-order valence-corrected chi connectivity index (χ2v) is 4.73. The Morgan fingerprint density at radius 1 is 1.26 bits per heavy atom. The summed E-state index contributed by atoms with van der Waals surface area (Å²) in [5, 5.41) is 2.88. The third-order valence-electron chi connectivity index (χ3n) is 2.99. The third kappa shape index (κ3) is 2.96. The monoisotopic (exact) mass is 258 g/mol. The minimum absolute atomic E-state index is 0.192. The second kappa shape index (κ2) is 5.18. The molecule has 3 N–H and O–H groups in total. The molecule has 2 aromatic rings. The number of furan rings is 1. The molecule has 1 amide bonds. The molecule has 1 aromatic carbocycles. The van der Waals surface area contributed by atoms with E-state index in [1.165, 1.54) is 0 Å². The van der Waals surface area contributed by atoms with Gasteiger partial charge in [0.15, 0.2) is 0 Å². The maximum Gasteiger partial charge on any atom is 0.253 e. The van der Waals surface area contributed by atoms with Gasteiger partial charge in [0.25, 0.3) is 5.91 Å². The number of aryl methyl sites for hydroxylation is 2. The lowest BCUT2D eigenvalue weighted by Crippen LogP contribution is -2.27. The summed E-state index contributed by atoms with van der Waals surface area (Å²) in [5.74, 6) is 1.37. The number of hydrogen-bond acceptors (Lipinski definition) is 3. The topological polar surface area (TPSA) is 68.3 Å². The number of amides is 1. The lowest BCUT2D eigenvalue weighted by molar-refractivity contribution is 0.0936. The van der Waals surface area contributed by atoms with Gasteiger partial charge < -0.3 is 15.5 Å². The van der Waals surface area contributed by atoms with Gasteiger partial charge in [-0.2, -0.15) is 0 Å². The Morgan fingerprint density at radius 2 is 2.00 bits per heavy atom. The van der Waals surface area contributed by atoms with Crippen LogP contribution in [0.3, 0.4) is 0 Å². The van der Waals surface area contributed by atoms with Crippen LogP contribution in [0.15, 0.2) is 34.7 Å². The number of hydrogen-bond donors (Lipinski definition) is 2. The molecule has 4 nitrogen and oxygen atoms in total. The standard InChI is InChI=1S/C15H18N2O2/c1-9-4-6-13(16)12(8-9)15(18)17-11(3)14-7-5-10(2)19-14/h4-8,11H,16H2,1-3H3,(H,17,18). The number of carbonyl (C=O) groups is 1. The molecule has 100 valence electrons. The first-order chi connectivity index (χ1) is 8.97. The highest BCUT2D eigenvalue weighted by Gasteiger charge is 2.16. The minimum Gasteiger partial charge on any atom is -0.464 e. The van der Waals surface area contributed by atoms with Crippen molar-refractivity contribution in [3.63, 3.8) is 0 Å². The minimum atomic E-state index is -0.193. The van der Waals surface area contributed by atoms with Crippen molar-refractivity contribution in [3.05, 3.63) is 53.0 Å². The highest BCUT2D eigenvalue weighted by atomic mass is 16.3. The smallest absolute Gasteiger partial charge is 0.253 e. The SMILES string of the molecule is Cc1ccc(N)c(C(=O)NC(C)c2ccc(C)o2)c1. The summed E-state index contributed by atoms with van der Waals surface area (Å²) in [6, 6.07) is 8.95. The largest absolute Gasteiger partial charge is 0.464 e. The van der Waals surface area contributed by atoms with Crippen LogP contribution in [0.5, 0.6) is 0 Å². The summed E-state index contributed by atoms with van der Waals surface area (Å²) in [5.41, 5.74) is 7.80. The number of rotatable bonds is 3. The van der Waals surface area contributed by atoms with Crippen LogP contribution in [0.1, 0.15) is 40.4 Å². The van der Waals surface area contributed by atoms with Gasteiger partial charge in [-0.3, -0.25) is 4.79 Å². The summed E-state index contributed by atoms with van der Waals surface area (Å²) < 4.78 is 5.49. The first-order valence-electron chi connectivity index (χ1n) is 6.20. The van der Waals surface area contributed by atoms with Crippen molar-refractivity contribution in [1.82, 2.24) is 5.32 Å². The average molecular weight is 258 g/mol. The lowest BCUT2D eigenvalue weighted by atomic mass is 10.1. The molecule has 0 bridgehead atoms. The van der Waals surface area contributed by atoms with Gasteiger partial charge in [-0.05, 0) is 45.0 Å². The van der Waals surface area contributed by atoms with Gasteiger partial charge in [0.05, 0.1) is 11.6 Å². The molecule has 0 aliphatic carbocycles. The van der Waals surface area contributed by atoms with Crippen LogP contribution in [0.2, 0.25) is 0 Å². The molecule has 4 heteroatoms. The normalized spacial score (nSPS) is 12.2. The molecule has 1 aromatic heterocycles. The Bertz CT molecular complexity index is 602. The fourth-order valence-electron chi connectivity index (χ4n) is 1.90. The number of anilines is 1. The van der Waals surface area contributed by atoms with Crippen LogP contribution in [0.4, 0.5) is 5.69 Å². The predicted molar refractivity (Wildman–Crippen MR) is 74.9 cm³/mol. The van der Waals surface area contributed by atoms with Crippen molar-refractivity contribution in [2.75, 3.05) is 5.73 Å². The van der Waals surface area contributed by atoms with E-state index in [0.29, 0.717) is 11.3 Å². The number of carbonyl (C=O) groups excluding carboxylic acids is 1. The summed E-state index contributed by atoms with van der Waals surface area (Å²) >= 11 is 0. The van der Waals surface area contributed by atoms with E-state index in [9.17, 15) is 4.79 Å². The molecule has 2 rings (SSSR count). The van der Waals surface area contributed by atoms with E-state index >= 15 is 0 Å². The van der Waals surface area contributed by atoms with E-state index in [0.717, 1.165) is 17.1 Å². The van der Waals surface area contributed by atoms with Crippen molar-refractivity contribution in [2.24, 2.45) is 0 Å². The summed E-state index contributed by atoms with van der Waals surface area (Å²) in [7, 11) is 0. The molecule has 0 aliphatic rings. The van der Waals surface area contributed by atoms with Crippen LogP contribution >= 0.6 is 0 Å². The van der Waals surface area contributed by atoms with Gasteiger partial charge in [-0.1, -0.05) is 11.6 Å². The van der Waals surface area contributed by atoms with Crippen molar-refractivity contribution in [3.8, 4) is 0 Å². The Hall–Kier alpha value is -2.23. The van der Waals surface area contributed by atoms with E-state index in [1.54, 1.807) is 12.1 Å². The summed E-state index contributed by atoms with van der Waals surface area (Å²) in [6.45, 7) is 5.67. The fraction of sp³-hybridized carbons (Fsp3) is 0.267. The molecular formula is C15H18N2O2. The first-order valence-corrected chi connectivity index (χ1v) is 6.20. The van der Waals surface area contributed by atoms with Crippen molar-refractivity contribution in [1.29, 1.82) is 0 Å². The first kappa shape index (κ1) is 13.2. The molecule has 0 fully saturated rings. The van der Waals surface area contributed by atoms with Crippen LogP contribution in [-0.2, 0) is 0 Å². The average Bonchev–Trinajstić information content (AvgIpc) is 2.79. The molecule has 1 unspecified atom stereocenters. The third-order valence-corrected chi connectivity index (χ3v) is 2.99. The highest BCUT2D eigenvalue weighted by Crippen LogP contribution is 2.18. The van der Waals surface area contributed by atoms with E-state index in [-0.39, 0.29) is 11.9 Å². The maximum atomic E-state index is 12.2. The van der Waals surface area contributed by atoms with Crippen molar-refractivity contribution < 1.29 is 9.21 Å². The Kier molecular flexibility index (Phi) is 3.60. The molecule has 19 heavy (non-hydrogen) atoms. The van der Waals surface area contributed by atoms with Gasteiger partial charge in [0, 0.05) is 5.69 Å². The predicted octanol–water partition coefficient (Wildman–Crippen LogP) is 2.97. The van der Waals surface area contributed by atoms with Gasteiger partial charge in [-0.15, -0.1) is 0 Å². The van der Waals surface area contributed by atoms with Gasteiger partial charge in [-0.25, -0.2) is 0 Å². The lowest BCUT2D eigenvalue weighted by Gasteiger charge is -2.13. The second-order valence-electron chi connectivity index (χ2n) is 4.73. The quantitative estimate of drug-likeness (QED) is 0.832.